The molecule has 2 aliphatic carbocycles. The third-order valence-corrected chi connectivity index (χ3v) is 10.2. The maximum absolute atomic E-state index is 2.42. The van der Waals surface area contributed by atoms with E-state index in [1.54, 1.807) is 0 Å². The summed E-state index contributed by atoms with van der Waals surface area (Å²) in [6, 6.07) is 37.0. The molecule has 0 nitrogen and oxygen atoms in total. The summed E-state index contributed by atoms with van der Waals surface area (Å²) in [6.45, 7) is 13.3. The van der Waals surface area contributed by atoms with Crippen molar-refractivity contribution in [3.05, 3.63) is 166 Å². The average Bonchev–Trinajstić information content (AvgIpc) is 3.10. The first-order chi connectivity index (χ1) is 23.3. The number of aryl methyl sites for hydroxylation is 4. The van der Waals surface area contributed by atoms with Crippen LogP contribution in [-0.2, 0) is 0 Å². The Kier molecular flexibility index (Phi) is 8.76. The van der Waals surface area contributed by atoms with Gasteiger partial charge in [-0.2, -0.15) is 0 Å². The van der Waals surface area contributed by atoms with Crippen LogP contribution in [0.3, 0.4) is 0 Å². The maximum Gasteiger partial charge on any atom is -0.00140 e. The topological polar surface area (TPSA) is 0 Å². The van der Waals surface area contributed by atoms with E-state index in [0.29, 0.717) is 0 Å². The molecule has 238 valence electrons. The molecule has 0 saturated carbocycles. The molecule has 2 aliphatic rings. The third-order valence-electron chi connectivity index (χ3n) is 10.2. The normalized spacial score (nSPS) is 14.6. The zero-order chi connectivity index (χ0) is 33.4. The predicted octanol–water partition coefficient (Wildman–Crippen LogP) is 13.8. The Bertz CT molecular complexity index is 1950. The second kappa shape index (κ2) is 13.3. The largest absolute Gasteiger partial charge is 0.0730 e. The fraction of sp³-hybridized carbons (Fsp3) is 0.208. The molecule has 7 rings (SSSR count). The van der Waals surface area contributed by atoms with E-state index in [4.69, 9.17) is 0 Å². The van der Waals surface area contributed by atoms with Gasteiger partial charge in [0.25, 0.3) is 0 Å². The van der Waals surface area contributed by atoms with E-state index in [-0.39, 0.29) is 0 Å². The molecule has 0 amide bonds. The Balaban J connectivity index is 1.78. The molecule has 0 saturated heterocycles. The highest BCUT2D eigenvalue weighted by Crippen LogP contribution is 2.55. The minimum atomic E-state index is 1.03. The molecule has 0 atom stereocenters. The van der Waals surface area contributed by atoms with Crippen molar-refractivity contribution in [1.29, 1.82) is 0 Å². The van der Waals surface area contributed by atoms with Crippen LogP contribution in [0.25, 0.3) is 55.7 Å². The lowest BCUT2D eigenvalue weighted by atomic mass is 9.72. The highest BCUT2D eigenvalue weighted by Gasteiger charge is 2.31. The smallest absolute Gasteiger partial charge is 0.00140 e. The molecular formula is C48H46. The summed E-state index contributed by atoms with van der Waals surface area (Å²) in [7, 11) is 0. The van der Waals surface area contributed by atoms with Crippen LogP contribution in [0.4, 0.5) is 0 Å². The summed E-state index contributed by atoms with van der Waals surface area (Å²) < 4.78 is 0. The Morgan fingerprint density at radius 2 is 0.521 bits per heavy atom. The summed E-state index contributed by atoms with van der Waals surface area (Å²) in [6.07, 6.45) is 13.8. The first-order valence-corrected chi connectivity index (χ1v) is 17.5. The minimum absolute atomic E-state index is 1.03. The monoisotopic (exact) mass is 622 g/mol. The lowest BCUT2D eigenvalue weighted by Gasteiger charge is -2.31. The molecule has 0 unspecified atom stereocenters. The van der Waals surface area contributed by atoms with Crippen molar-refractivity contribution in [1.82, 2.24) is 0 Å². The zero-order valence-electron chi connectivity index (χ0n) is 29.4. The van der Waals surface area contributed by atoms with Crippen LogP contribution in [0.5, 0.6) is 0 Å². The Hall–Kier alpha value is -4.94. The average molecular weight is 623 g/mol. The van der Waals surface area contributed by atoms with Crippen LogP contribution in [0.1, 0.15) is 72.9 Å². The van der Waals surface area contributed by atoms with E-state index in [1.807, 2.05) is 0 Å². The highest BCUT2D eigenvalue weighted by molar-refractivity contribution is 6.11. The molecule has 5 aromatic rings. The fourth-order valence-electron chi connectivity index (χ4n) is 7.33. The maximum atomic E-state index is 2.42. The molecule has 5 aromatic carbocycles. The molecule has 0 radical (unpaired) electrons. The van der Waals surface area contributed by atoms with Gasteiger partial charge in [0.1, 0.15) is 0 Å². The van der Waals surface area contributed by atoms with Gasteiger partial charge in [-0.15, -0.1) is 0 Å². The van der Waals surface area contributed by atoms with Crippen molar-refractivity contribution < 1.29 is 0 Å². The number of rotatable bonds is 6. The Morgan fingerprint density at radius 3 is 0.750 bits per heavy atom. The van der Waals surface area contributed by atoms with Gasteiger partial charge in [-0.25, -0.2) is 0 Å². The molecule has 0 heteroatoms. The summed E-state index contributed by atoms with van der Waals surface area (Å²) in [5, 5.41) is 0. The van der Waals surface area contributed by atoms with Gasteiger partial charge >= 0.3 is 0 Å². The van der Waals surface area contributed by atoms with Gasteiger partial charge in [0.2, 0.25) is 0 Å². The van der Waals surface area contributed by atoms with E-state index < -0.39 is 0 Å². The number of hydrogen-bond donors (Lipinski definition) is 0. The first kappa shape index (κ1) is 31.6. The quantitative estimate of drug-likeness (QED) is 0.177. The van der Waals surface area contributed by atoms with Gasteiger partial charge in [0, 0.05) is 0 Å². The van der Waals surface area contributed by atoms with Crippen molar-refractivity contribution in [3.8, 4) is 44.5 Å². The fourth-order valence-corrected chi connectivity index (χ4v) is 7.33. The van der Waals surface area contributed by atoms with E-state index in [2.05, 4.69) is 163 Å². The lowest BCUT2D eigenvalue weighted by Crippen LogP contribution is -2.08. The predicted molar refractivity (Wildman–Crippen MR) is 209 cm³/mol. The second-order valence-corrected chi connectivity index (χ2v) is 14.1. The molecule has 0 N–H and O–H groups in total. The van der Waals surface area contributed by atoms with Crippen LogP contribution in [-0.4, -0.2) is 0 Å². The molecule has 0 fully saturated rings. The first-order valence-electron chi connectivity index (χ1n) is 17.5. The summed E-state index contributed by atoms with van der Waals surface area (Å²) in [5.74, 6) is 0. The van der Waals surface area contributed by atoms with E-state index in [1.165, 1.54) is 100 Å². The molecular weight excluding hydrogens is 577 g/mol. The Labute approximate surface area is 287 Å². The summed E-state index contributed by atoms with van der Waals surface area (Å²) >= 11 is 0. The SMILES string of the molecule is CC1=CC=C(c2c(C3=CC=C(C)CC3)c(-c3ccc(C)cc3)c(-c3ccc(C)cc3)c(-c3ccc(C)cc3)c2-c2ccc(C)cc2)CC1. The van der Waals surface area contributed by atoms with Gasteiger partial charge in [-0.1, -0.05) is 155 Å². The molecule has 48 heavy (non-hydrogen) atoms. The van der Waals surface area contributed by atoms with Crippen LogP contribution >= 0.6 is 0 Å². The van der Waals surface area contributed by atoms with Crippen LogP contribution in [0.15, 0.2) is 133 Å². The number of benzene rings is 5. The molecule has 0 aliphatic heterocycles. The van der Waals surface area contributed by atoms with Gasteiger partial charge in [0.05, 0.1) is 0 Å². The highest BCUT2D eigenvalue weighted by atomic mass is 14.3. The molecule has 0 spiro atoms. The van der Waals surface area contributed by atoms with Gasteiger partial charge < -0.3 is 0 Å². The zero-order valence-corrected chi connectivity index (χ0v) is 29.4. The van der Waals surface area contributed by atoms with Crippen molar-refractivity contribution >= 4 is 11.1 Å². The van der Waals surface area contributed by atoms with E-state index in [9.17, 15) is 0 Å². The number of hydrogen-bond acceptors (Lipinski definition) is 0. The minimum Gasteiger partial charge on any atom is -0.0730 e. The van der Waals surface area contributed by atoms with Gasteiger partial charge in [-0.05, 0) is 134 Å². The number of allylic oxidation sites excluding steroid dienone is 8. The van der Waals surface area contributed by atoms with Crippen molar-refractivity contribution in [2.45, 2.75) is 67.2 Å². The van der Waals surface area contributed by atoms with Crippen molar-refractivity contribution in [2.75, 3.05) is 0 Å². The van der Waals surface area contributed by atoms with Crippen LogP contribution in [0, 0.1) is 27.7 Å². The van der Waals surface area contributed by atoms with Gasteiger partial charge in [0.15, 0.2) is 0 Å². The summed E-state index contributed by atoms with van der Waals surface area (Å²) in [4.78, 5) is 0. The molecule has 0 bridgehead atoms. The molecule has 0 heterocycles. The Morgan fingerprint density at radius 1 is 0.271 bits per heavy atom. The van der Waals surface area contributed by atoms with Crippen molar-refractivity contribution in [3.63, 3.8) is 0 Å². The van der Waals surface area contributed by atoms with Crippen molar-refractivity contribution in [2.24, 2.45) is 0 Å². The lowest BCUT2D eigenvalue weighted by molar-refractivity contribution is 0.967. The van der Waals surface area contributed by atoms with E-state index >= 15 is 0 Å². The second-order valence-electron chi connectivity index (χ2n) is 14.1. The van der Waals surface area contributed by atoms with Crippen LogP contribution in [0.2, 0.25) is 0 Å². The summed E-state index contributed by atoms with van der Waals surface area (Å²) in [5.41, 5.74) is 24.0. The standard InChI is InChI=1S/C48H46/c1-31-7-19-37(20-8-31)43-44(38-21-9-32(2)10-22-38)46(40-25-13-34(4)14-26-40)48(42-29-17-36(6)18-30-42)47(41-27-15-35(5)16-28-41)45(43)39-23-11-33(3)12-24-39/h7-15,17,19-27,29H,16,18,28,30H2,1-6H3. The van der Waals surface area contributed by atoms with E-state index in [0.717, 1.165) is 25.7 Å². The van der Waals surface area contributed by atoms with Gasteiger partial charge in [-0.3, -0.25) is 0 Å². The molecule has 0 aromatic heterocycles. The van der Waals surface area contributed by atoms with Crippen LogP contribution < -0.4 is 0 Å². The third kappa shape index (κ3) is 6.20.